The zero-order chi connectivity index (χ0) is 14.5. The molecule has 0 aliphatic heterocycles. The summed E-state index contributed by atoms with van der Waals surface area (Å²) in [5.41, 5.74) is 2.40. The predicted molar refractivity (Wildman–Crippen MR) is 89.3 cm³/mol. The van der Waals surface area contributed by atoms with Crippen molar-refractivity contribution >= 4 is 17.0 Å². The van der Waals surface area contributed by atoms with Crippen molar-refractivity contribution in [1.82, 2.24) is 0 Å². The molecule has 106 valence electrons. The highest BCUT2D eigenvalue weighted by atomic mass is 32.1. The van der Waals surface area contributed by atoms with E-state index in [-0.39, 0.29) is 0 Å². The lowest BCUT2D eigenvalue weighted by molar-refractivity contribution is 0.483. The van der Waals surface area contributed by atoms with Crippen LogP contribution in [-0.4, -0.2) is 0 Å². The van der Waals surface area contributed by atoms with E-state index < -0.39 is 0 Å². The molecule has 0 fully saturated rings. The topological polar surface area (TPSA) is 21.3 Å². The van der Waals surface area contributed by atoms with Crippen LogP contribution in [0.25, 0.3) is 0 Å². The van der Waals surface area contributed by atoms with Gasteiger partial charge in [0.2, 0.25) is 0 Å². The number of rotatable bonds is 5. The number of nitrogens with one attached hydrogen (secondary N) is 1. The molecule has 0 aliphatic carbocycles. The van der Waals surface area contributed by atoms with Gasteiger partial charge in [0.25, 0.3) is 0 Å². The number of ether oxygens (including phenoxy) is 1. The van der Waals surface area contributed by atoms with Crippen LogP contribution in [-0.2, 0) is 6.54 Å². The molecule has 21 heavy (non-hydrogen) atoms. The molecule has 3 rings (SSSR count). The van der Waals surface area contributed by atoms with Crippen molar-refractivity contribution in [3.8, 4) is 11.5 Å². The van der Waals surface area contributed by atoms with Gasteiger partial charge in [0.15, 0.2) is 0 Å². The minimum Gasteiger partial charge on any atom is -0.457 e. The van der Waals surface area contributed by atoms with Gasteiger partial charge in [0, 0.05) is 23.2 Å². The summed E-state index contributed by atoms with van der Waals surface area (Å²) in [6.07, 6.45) is 0. The zero-order valence-corrected chi connectivity index (χ0v) is 12.7. The summed E-state index contributed by atoms with van der Waals surface area (Å²) < 4.78 is 5.84. The van der Waals surface area contributed by atoms with E-state index in [9.17, 15) is 0 Å². The van der Waals surface area contributed by atoms with Crippen LogP contribution >= 0.6 is 11.3 Å². The van der Waals surface area contributed by atoms with Gasteiger partial charge in [-0.3, -0.25) is 0 Å². The van der Waals surface area contributed by atoms with Crippen molar-refractivity contribution in [2.24, 2.45) is 0 Å². The smallest absolute Gasteiger partial charge is 0.129 e. The lowest BCUT2D eigenvalue weighted by Gasteiger charge is -2.09. The van der Waals surface area contributed by atoms with Crippen LogP contribution in [0.2, 0.25) is 0 Å². The summed E-state index contributed by atoms with van der Waals surface area (Å²) >= 11 is 1.78. The number of para-hydroxylation sites is 1. The van der Waals surface area contributed by atoms with Crippen molar-refractivity contribution in [3.63, 3.8) is 0 Å². The van der Waals surface area contributed by atoms with E-state index >= 15 is 0 Å². The molecule has 0 saturated heterocycles. The van der Waals surface area contributed by atoms with E-state index in [1.54, 1.807) is 11.3 Å². The number of hydrogen-bond donors (Lipinski definition) is 1. The fourth-order valence-electron chi connectivity index (χ4n) is 2.06. The molecule has 3 aromatic rings. The van der Waals surface area contributed by atoms with Crippen molar-refractivity contribution < 1.29 is 4.74 Å². The molecule has 0 saturated carbocycles. The minimum absolute atomic E-state index is 0.842. The standard InChI is InChI=1S/C18H17NOS/c1-14-10-11-21-18(14)13-19-15-6-5-9-17(12-15)20-16-7-3-2-4-8-16/h2-12,19H,13H2,1H3. The van der Waals surface area contributed by atoms with Crippen LogP contribution in [0, 0.1) is 6.92 Å². The maximum Gasteiger partial charge on any atom is 0.129 e. The second-order valence-electron chi connectivity index (χ2n) is 4.82. The number of thiophene rings is 1. The Morgan fingerprint density at radius 1 is 0.952 bits per heavy atom. The quantitative estimate of drug-likeness (QED) is 0.674. The maximum atomic E-state index is 5.84. The van der Waals surface area contributed by atoms with E-state index in [0.29, 0.717) is 0 Å². The van der Waals surface area contributed by atoms with Crippen LogP contribution in [0.4, 0.5) is 5.69 Å². The third-order valence-electron chi connectivity index (χ3n) is 3.23. The van der Waals surface area contributed by atoms with Crippen LogP contribution in [0.5, 0.6) is 11.5 Å². The fraction of sp³-hybridized carbons (Fsp3) is 0.111. The van der Waals surface area contributed by atoms with Crippen LogP contribution in [0.15, 0.2) is 66.0 Å². The Morgan fingerprint density at radius 2 is 1.76 bits per heavy atom. The molecule has 3 heteroatoms. The maximum absolute atomic E-state index is 5.84. The number of hydrogen-bond acceptors (Lipinski definition) is 3. The van der Waals surface area contributed by atoms with Gasteiger partial charge in [0.1, 0.15) is 11.5 Å². The van der Waals surface area contributed by atoms with Gasteiger partial charge in [-0.05, 0) is 48.2 Å². The van der Waals surface area contributed by atoms with E-state index in [2.05, 4.69) is 29.8 Å². The van der Waals surface area contributed by atoms with Crippen molar-refractivity contribution in [1.29, 1.82) is 0 Å². The largest absolute Gasteiger partial charge is 0.457 e. The minimum atomic E-state index is 0.842. The Bertz CT molecular complexity index is 706. The van der Waals surface area contributed by atoms with Gasteiger partial charge in [-0.2, -0.15) is 0 Å². The lowest BCUT2D eigenvalue weighted by Crippen LogP contribution is -1.98. The van der Waals surface area contributed by atoms with Crippen molar-refractivity contribution in [2.45, 2.75) is 13.5 Å². The average molecular weight is 295 g/mol. The molecule has 0 spiro atoms. The van der Waals surface area contributed by atoms with Gasteiger partial charge in [-0.15, -0.1) is 11.3 Å². The Hall–Kier alpha value is -2.26. The molecule has 1 N–H and O–H groups in total. The number of aryl methyl sites for hydroxylation is 1. The van der Waals surface area contributed by atoms with Crippen LogP contribution in [0.1, 0.15) is 10.4 Å². The molecule has 0 radical (unpaired) electrons. The monoisotopic (exact) mass is 295 g/mol. The molecule has 2 nitrogen and oxygen atoms in total. The highest BCUT2D eigenvalue weighted by Gasteiger charge is 2.01. The summed E-state index contributed by atoms with van der Waals surface area (Å²) in [4.78, 5) is 1.37. The molecule has 2 aromatic carbocycles. The number of anilines is 1. The van der Waals surface area contributed by atoms with Gasteiger partial charge in [0.05, 0.1) is 0 Å². The summed E-state index contributed by atoms with van der Waals surface area (Å²) in [5, 5.41) is 5.57. The second kappa shape index (κ2) is 6.46. The molecule has 0 aliphatic rings. The first kappa shape index (κ1) is 13.7. The summed E-state index contributed by atoms with van der Waals surface area (Å²) in [7, 11) is 0. The molecule has 1 heterocycles. The third kappa shape index (κ3) is 3.64. The van der Waals surface area contributed by atoms with Crippen molar-refractivity contribution in [3.05, 3.63) is 76.5 Å². The Morgan fingerprint density at radius 3 is 2.52 bits per heavy atom. The number of benzene rings is 2. The Labute approximate surface area is 129 Å². The molecular weight excluding hydrogens is 278 g/mol. The summed E-state index contributed by atoms with van der Waals surface area (Å²) in [6, 6.07) is 20.0. The van der Waals surface area contributed by atoms with E-state index in [0.717, 1.165) is 23.7 Å². The van der Waals surface area contributed by atoms with Gasteiger partial charge in [-0.1, -0.05) is 24.3 Å². The summed E-state index contributed by atoms with van der Waals surface area (Å²) in [6.45, 7) is 2.99. The fourth-order valence-corrected chi connectivity index (χ4v) is 2.91. The molecule has 0 unspecified atom stereocenters. The first-order valence-corrected chi connectivity index (χ1v) is 7.79. The highest BCUT2D eigenvalue weighted by Crippen LogP contribution is 2.24. The average Bonchev–Trinajstić information content (AvgIpc) is 2.92. The van der Waals surface area contributed by atoms with E-state index in [1.807, 2.05) is 48.5 Å². The molecular formula is C18H17NOS. The third-order valence-corrected chi connectivity index (χ3v) is 4.26. The first-order valence-electron chi connectivity index (χ1n) is 6.91. The second-order valence-corrected chi connectivity index (χ2v) is 5.82. The lowest BCUT2D eigenvalue weighted by atomic mass is 10.2. The molecule has 0 atom stereocenters. The Kier molecular flexibility index (Phi) is 4.22. The van der Waals surface area contributed by atoms with Gasteiger partial charge >= 0.3 is 0 Å². The normalized spacial score (nSPS) is 10.3. The van der Waals surface area contributed by atoms with Crippen LogP contribution < -0.4 is 10.1 Å². The van der Waals surface area contributed by atoms with E-state index in [1.165, 1.54) is 10.4 Å². The molecule has 0 amide bonds. The van der Waals surface area contributed by atoms with Crippen molar-refractivity contribution in [2.75, 3.05) is 5.32 Å². The van der Waals surface area contributed by atoms with Gasteiger partial charge < -0.3 is 10.1 Å². The zero-order valence-electron chi connectivity index (χ0n) is 11.9. The predicted octanol–water partition coefficient (Wildman–Crippen LogP) is 5.46. The van der Waals surface area contributed by atoms with E-state index in [4.69, 9.17) is 4.74 Å². The SMILES string of the molecule is Cc1ccsc1CNc1cccc(Oc2ccccc2)c1. The highest BCUT2D eigenvalue weighted by molar-refractivity contribution is 7.10. The summed E-state index contributed by atoms with van der Waals surface area (Å²) in [5.74, 6) is 1.69. The van der Waals surface area contributed by atoms with Crippen LogP contribution in [0.3, 0.4) is 0 Å². The molecule has 1 aromatic heterocycles. The first-order chi connectivity index (χ1) is 10.3. The Balaban J connectivity index is 1.67. The van der Waals surface area contributed by atoms with Gasteiger partial charge in [-0.25, -0.2) is 0 Å². The molecule has 0 bridgehead atoms.